The monoisotopic (exact) mass is 345 g/mol. The lowest BCUT2D eigenvalue weighted by Crippen LogP contribution is -2.26. The van der Waals surface area contributed by atoms with Gasteiger partial charge in [0.2, 0.25) is 0 Å². The third kappa shape index (κ3) is 5.77. The molecule has 1 atom stereocenters. The molecule has 0 bridgehead atoms. The Morgan fingerprint density at radius 1 is 1.35 bits per heavy atom. The van der Waals surface area contributed by atoms with Crippen LogP contribution in [0.2, 0.25) is 0 Å². The van der Waals surface area contributed by atoms with Crippen molar-refractivity contribution in [1.29, 1.82) is 0 Å². The standard InChI is InChI=1S/C14H20BrNO4/c1-9(2)10(3-6-13(17)18)7-8-16-14(19)11-4-5-12(15)20-11/h4-5,9-10H,3,6-8H2,1-2H3,(H,16,19)(H,17,18). The van der Waals surface area contributed by atoms with Gasteiger partial charge in [-0.2, -0.15) is 0 Å². The van der Waals surface area contributed by atoms with E-state index in [1.165, 1.54) is 0 Å². The highest BCUT2D eigenvalue weighted by molar-refractivity contribution is 9.10. The molecule has 6 heteroatoms. The smallest absolute Gasteiger partial charge is 0.303 e. The van der Waals surface area contributed by atoms with Crippen LogP contribution in [-0.2, 0) is 4.79 Å². The molecule has 1 amide bonds. The molecule has 0 aliphatic heterocycles. The molecule has 1 unspecified atom stereocenters. The van der Waals surface area contributed by atoms with Crippen LogP contribution in [0.3, 0.4) is 0 Å². The number of carboxylic acid groups (broad SMARTS) is 1. The van der Waals surface area contributed by atoms with Crippen LogP contribution in [0.1, 0.15) is 43.7 Å². The van der Waals surface area contributed by atoms with Crippen LogP contribution in [0, 0.1) is 11.8 Å². The van der Waals surface area contributed by atoms with Crippen LogP contribution in [0.4, 0.5) is 0 Å². The van der Waals surface area contributed by atoms with Crippen LogP contribution in [0.15, 0.2) is 21.2 Å². The van der Waals surface area contributed by atoms with E-state index in [0.29, 0.717) is 23.6 Å². The topological polar surface area (TPSA) is 79.5 Å². The lowest BCUT2D eigenvalue weighted by atomic mass is 9.88. The Morgan fingerprint density at radius 3 is 2.55 bits per heavy atom. The largest absolute Gasteiger partial charge is 0.481 e. The minimum absolute atomic E-state index is 0.169. The van der Waals surface area contributed by atoms with Gasteiger partial charge >= 0.3 is 5.97 Å². The second kappa shape index (κ2) is 8.09. The Hall–Kier alpha value is -1.30. The Balaban J connectivity index is 2.36. The van der Waals surface area contributed by atoms with Gasteiger partial charge in [0.1, 0.15) is 0 Å². The third-order valence-electron chi connectivity index (χ3n) is 3.27. The van der Waals surface area contributed by atoms with Crippen LogP contribution in [-0.4, -0.2) is 23.5 Å². The van der Waals surface area contributed by atoms with E-state index in [1.54, 1.807) is 12.1 Å². The number of carboxylic acids is 1. The zero-order chi connectivity index (χ0) is 15.1. The summed E-state index contributed by atoms with van der Waals surface area (Å²) in [6.07, 6.45) is 1.57. The average Bonchev–Trinajstić information content (AvgIpc) is 2.79. The van der Waals surface area contributed by atoms with Crippen molar-refractivity contribution in [3.05, 3.63) is 22.6 Å². The number of halogens is 1. The molecule has 1 aromatic heterocycles. The number of amides is 1. The number of nitrogens with one attached hydrogen (secondary N) is 1. The van der Waals surface area contributed by atoms with Gasteiger partial charge in [-0.15, -0.1) is 0 Å². The summed E-state index contributed by atoms with van der Waals surface area (Å²) in [5, 5.41) is 11.5. The third-order valence-corrected chi connectivity index (χ3v) is 3.70. The van der Waals surface area contributed by atoms with E-state index in [1.807, 2.05) is 0 Å². The first kappa shape index (κ1) is 16.8. The van der Waals surface area contributed by atoms with Crippen LogP contribution in [0.5, 0.6) is 0 Å². The molecule has 5 nitrogen and oxygen atoms in total. The van der Waals surface area contributed by atoms with Gasteiger partial charge in [0.15, 0.2) is 10.4 Å². The van der Waals surface area contributed by atoms with Crippen molar-refractivity contribution in [2.45, 2.75) is 33.1 Å². The minimum Gasteiger partial charge on any atom is -0.481 e. The summed E-state index contributed by atoms with van der Waals surface area (Å²) in [5.74, 6) is -0.0844. The van der Waals surface area contributed by atoms with Gasteiger partial charge in [0.05, 0.1) is 0 Å². The number of carbonyl (C=O) groups excluding carboxylic acids is 1. The summed E-state index contributed by atoms with van der Waals surface area (Å²) in [6, 6.07) is 3.27. The summed E-state index contributed by atoms with van der Waals surface area (Å²) in [7, 11) is 0. The fourth-order valence-corrected chi connectivity index (χ4v) is 2.32. The molecule has 20 heavy (non-hydrogen) atoms. The quantitative estimate of drug-likeness (QED) is 0.757. The van der Waals surface area contributed by atoms with Gasteiger partial charge < -0.3 is 14.8 Å². The molecule has 1 aromatic rings. The van der Waals surface area contributed by atoms with E-state index < -0.39 is 5.97 Å². The van der Waals surface area contributed by atoms with Gasteiger partial charge in [-0.3, -0.25) is 9.59 Å². The van der Waals surface area contributed by atoms with Crippen LogP contribution >= 0.6 is 15.9 Å². The molecule has 0 saturated carbocycles. The maximum absolute atomic E-state index is 11.8. The summed E-state index contributed by atoms with van der Waals surface area (Å²) >= 11 is 3.14. The molecular formula is C14H20BrNO4. The van der Waals surface area contributed by atoms with Gasteiger partial charge in [-0.25, -0.2) is 0 Å². The molecule has 0 saturated heterocycles. The van der Waals surface area contributed by atoms with Crippen molar-refractivity contribution >= 4 is 27.8 Å². The Labute approximate surface area is 126 Å². The fraction of sp³-hybridized carbons (Fsp3) is 0.571. The highest BCUT2D eigenvalue weighted by atomic mass is 79.9. The van der Waals surface area contributed by atoms with Gasteiger partial charge in [-0.1, -0.05) is 13.8 Å². The van der Waals surface area contributed by atoms with Gasteiger partial charge in [-0.05, 0) is 52.7 Å². The highest BCUT2D eigenvalue weighted by Gasteiger charge is 2.16. The second-order valence-corrected chi connectivity index (χ2v) is 5.87. The van der Waals surface area contributed by atoms with E-state index in [4.69, 9.17) is 9.52 Å². The summed E-state index contributed by atoms with van der Waals surface area (Å²) < 4.78 is 5.67. The van der Waals surface area contributed by atoms with Crippen LogP contribution in [0.25, 0.3) is 0 Å². The number of furan rings is 1. The molecule has 0 radical (unpaired) electrons. The van der Waals surface area contributed by atoms with Gasteiger partial charge in [0, 0.05) is 13.0 Å². The Morgan fingerprint density at radius 2 is 2.05 bits per heavy atom. The first-order valence-corrected chi connectivity index (χ1v) is 7.44. The highest BCUT2D eigenvalue weighted by Crippen LogP contribution is 2.20. The van der Waals surface area contributed by atoms with Crippen molar-refractivity contribution in [2.24, 2.45) is 11.8 Å². The molecule has 2 N–H and O–H groups in total. The predicted molar refractivity (Wildman–Crippen MR) is 78.6 cm³/mol. The molecule has 0 fully saturated rings. The number of carbonyl (C=O) groups is 2. The summed E-state index contributed by atoms with van der Waals surface area (Å²) in [5.41, 5.74) is 0. The van der Waals surface area contributed by atoms with Crippen molar-refractivity contribution in [3.63, 3.8) is 0 Å². The number of hydrogen-bond acceptors (Lipinski definition) is 3. The Kier molecular flexibility index (Phi) is 6.78. The molecule has 0 aliphatic rings. The van der Waals surface area contributed by atoms with E-state index in [-0.39, 0.29) is 24.0 Å². The van der Waals surface area contributed by atoms with Gasteiger partial charge in [0.25, 0.3) is 5.91 Å². The fourth-order valence-electron chi connectivity index (χ4n) is 2.01. The predicted octanol–water partition coefficient (Wildman–Crippen LogP) is 3.30. The molecular weight excluding hydrogens is 326 g/mol. The van der Waals surface area contributed by atoms with Crippen molar-refractivity contribution in [2.75, 3.05) is 6.54 Å². The summed E-state index contributed by atoms with van der Waals surface area (Å²) in [6.45, 7) is 4.65. The molecule has 1 heterocycles. The van der Waals surface area contributed by atoms with E-state index >= 15 is 0 Å². The lowest BCUT2D eigenvalue weighted by molar-refractivity contribution is -0.137. The SMILES string of the molecule is CC(C)C(CCNC(=O)c1ccc(Br)o1)CCC(=O)O. The maximum atomic E-state index is 11.8. The zero-order valence-electron chi connectivity index (χ0n) is 11.7. The normalized spacial score (nSPS) is 12.4. The second-order valence-electron chi connectivity index (χ2n) is 5.08. The van der Waals surface area contributed by atoms with Crippen molar-refractivity contribution in [1.82, 2.24) is 5.32 Å². The molecule has 112 valence electrons. The van der Waals surface area contributed by atoms with Crippen LogP contribution < -0.4 is 5.32 Å². The van der Waals surface area contributed by atoms with Crippen molar-refractivity contribution in [3.8, 4) is 0 Å². The minimum atomic E-state index is -0.778. The average molecular weight is 346 g/mol. The number of hydrogen-bond donors (Lipinski definition) is 2. The van der Waals surface area contributed by atoms with Crippen molar-refractivity contribution < 1.29 is 19.1 Å². The first-order valence-electron chi connectivity index (χ1n) is 6.65. The molecule has 0 aromatic carbocycles. The Bertz CT molecular complexity index is 456. The summed E-state index contributed by atoms with van der Waals surface area (Å²) in [4.78, 5) is 22.4. The number of aliphatic carboxylic acids is 1. The molecule has 0 aliphatic carbocycles. The first-order chi connectivity index (χ1) is 9.40. The van der Waals surface area contributed by atoms with E-state index in [9.17, 15) is 9.59 Å². The lowest BCUT2D eigenvalue weighted by Gasteiger charge is -2.20. The maximum Gasteiger partial charge on any atom is 0.303 e. The zero-order valence-corrected chi connectivity index (χ0v) is 13.3. The molecule has 1 rings (SSSR count). The van der Waals surface area contributed by atoms with E-state index in [0.717, 1.165) is 6.42 Å². The molecule has 0 spiro atoms. The number of rotatable bonds is 8. The van der Waals surface area contributed by atoms with E-state index in [2.05, 4.69) is 35.1 Å².